The van der Waals surface area contributed by atoms with Gasteiger partial charge in [-0.1, -0.05) is 31.0 Å². The Bertz CT molecular complexity index is 798. The van der Waals surface area contributed by atoms with E-state index < -0.39 is 0 Å². The highest BCUT2D eigenvalue weighted by Crippen LogP contribution is 2.15. The highest BCUT2D eigenvalue weighted by atomic mass is 32.1. The molecule has 0 aromatic heterocycles. The maximum Gasteiger partial charge on any atom is 0.257 e. The van der Waals surface area contributed by atoms with Gasteiger partial charge in [-0.05, 0) is 61.5 Å². The number of carbonyl (C=O) groups is 2. The van der Waals surface area contributed by atoms with Gasteiger partial charge in [0.05, 0.1) is 0 Å². The van der Waals surface area contributed by atoms with Crippen LogP contribution in [0.2, 0.25) is 0 Å². The van der Waals surface area contributed by atoms with Gasteiger partial charge < -0.3 is 10.2 Å². The molecule has 27 heavy (non-hydrogen) atoms. The van der Waals surface area contributed by atoms with E-state index in [0.29, 0.717) is 11.1 Å². The minimum atomic E-state index is -0.263. The quantitative estimate of drug-likeness (QED) is 0.794. The maximum absolute atomic E-state index is 12.6. The van der Waals surface area contributed by atoms with Gasteiger partial charge in [0, 0.05) is 29.9 Å². The van der Waals surface area contributed by atoms with Crippen LogP contribution in [0.4, 0.5) is 5.69 Å². The SMILES string of the molecule is O=C(NC(=S)Nc1ccc(C(=O)N2CCCCCC2)cc1)c1ccccc1. The van der Waals surface area contributed by atoms with Crippen molar-refractivity contribution >= 4 is 34.8 Å². The zero-order chi connectivity index (χ0) is 19.1. The zero-order valence-corrected chi connectivity index (χ0v) is 15.9. The summed E-state index contributed by atoms with van der Waals surface area (Å²) in [5, 5.41) is 5.84. The van der Waals surface area contributed by atoms with E-state index in [4.69, 9.17) is 12.2 Å². The van der Waals surface area contributed by atoms with Gasteiger partial charge in [-0.25, -0.2) is 0 Å². The van der Waals surface area contributed by atoms with Crippen molar-refractivity contribution in [2.45, 2.75) is 25.7 Å². The number of benzene rings is 2. The molecule has 0 aliphatic carbocycles. The second-order valence-electron chi connectivity index (χ2n) is 6.56. The summed E-state index contributed by atoms with van der Waals surface area (Å²) in [6.07, 6.45) is 4.53. The predicted octanol–water partition coefficient (Wildman–Crippen LogP) is 3.83. The second-order valence-corrected chi connectivity index (χ2v) is 6.97. The molecule has 0 unspecified atom stereocenters. The Kier molecular flexibility index (Phi) is 6.54. The lowest BCUT2D eigenvalue weighted by atomic mass is 10.1. The molecule has 1 aliphatic heterocycles. The van der Waals surface area contributed by atoms with Gasteiger partial charge in [-0.3, -0.25) is 14.9 Å². The predicted molar refractivity (Wildman–Crippen MR) is 111 cm³/mol. The normalized spacial score (nSPS) is 14.1. The molecule has 0 radical (unpaired) electrons. The van der Waals surface area contributed by atoms with Crippen LogP contribution in [0.5, 0.6) is 0 Å². The molecule has 0 atom stereocenters. The fourth-order valence-corrected chi connectivity index (χ4v) is 3.29. The number of rotatable bonds is 3. The molecule has 2 N–H and O–H groups in total. The van der Waals surface area contributed by atoms with Crippen molar-refractivity contribution in [3.63, 3.8) is 0 Å². The van der Waals surface area contributed by atoms with Crippen molar-refractivity contribution in [3.8, 4) is 0 Å². The smallest absolute Gasteiger partial charge is 0.257 e. The summed E-state index contributed by atoms with van der Waals surface area (Å²) < 4.78 is 0. The van der Waals surface area contributed by atoms with Gasteiger partial charge in [-0.2, -0.15) is 0 Å². The van der Waals surface area contributed by atoms with E-state index in [0.717, 1.165) is 31.6 Å². The summed E-state index contributed by atoms with van der Waals surface area (Å²) in [6, 6.07) is 16.1. The number of hydrogen-bond donors (Lipinski definition) is 2. The van der Waals surface area contributed by atoms with Crippen molar-refractivity contribution < 1.29 is 9.59 Å². The molecule has 3 rings (SSSR count). The maximum atomic E-state index is 12.6. The highest BCUT2D eigenvalue weighted by molar-refractivity contribution is 7.80. The molecule has 0 bridgehead atoms. The summed E-state index contributed by atoms with van der Waals surface area (Å²) in [5.41, 5.74) is 1.93. The van der Waals surface area contributed by atoms with Crippen LogP contribution < -0.4 is 10.6 Å². The van der Waals surface area contributed by atoms with E-state index in [-0.39, 0.29) is 16.9 Å². The van der Waals surface area contributed by atoms with Crippen molar-refractivity contribution in [1.82, 2.24) is 10.2 Å². The van der Waals surface area contributed by atoms with Gasteiger partial charge in [0.2, 0.25) is 0 Å². The standard InChI is InChI=1S/C21H23N3O2S/c25-19(16-8-4-3-5-9-16)23-21(27)22-18-12-10-17(11-13-18)20(26)24-14-6-1-2-7-15-24/h3-5,8-13H,1-2,6-7,14-15H2,(H2,22,23,25,27). The first-order valence-corrected chi connectivity index (χ1v) is 9.61. The van der Waals surface area contributed by atoms with Gasteiger partial charge in [0.25, 0.3) is 11.8 Å². The molecular weight excluding hydrogens is 358 g/mol. The number of hydrogen-bond acceptors (Lipinski definition) is 3. The van der Waals surface area contributed by atoms with E-state index in [1.54, 1.807) is 48.5 Å². The lowest BCUT2D eigenvalue weighted by Crippen LogP contribution is -2.34. The second kappa shape index (κ2) is 9.28. The summed E-state index contributed by atoms with van der Waals surface area (Å²) in [5.74, 6) is -0.190. The van der Waals surface area contributed by atoms with Crippen LogP contribution >= 0.6 is 12.2 Å². The number of amides is 2. The van der Waals surface area contributed by atoms with Crippen LogP contribution in [0, 0.1) is 0 Å². The van der Waals surface area contributed by atoms with Gasteiger partial charge in [0.15, 0.2) is 5.11 Å². The molecule has 2 aromatic carbocycles. The van der Waals surface area contributed by atoms with E-state index in [9.17, 15) is 9.59 Å². The molecule has 0 spiro atoms. The largest absolute Gasteiger partial charge is 0.339 e. The Hall–Kier alpha value is -2.73. The van der Waals surface area contributed by atoms with Crippen LogP contribution in [0.25, 0.3) is 0 Å². The van der Waals surface area contributed by atoms with E-state index in [1.807, 2.05) is 11.0 Å². The fourth-order valence-electron chi connectivity index (χ4n) is 3.08. The number of anilines is 1. The molecule has 1 fully saturated rings. The summed E-state index contributed by atoms with van der Waals surface area (Å²) in [4.78, 5) is 26.6. The molecule has 0 saturated carbocycles. The van der Waals surface area contributed by atoms with Crippen molar-refractivity contribution in [2.75, 3.05) is 18.4 Å². The number of nitrogens with one attached hydrogen (secondary N) is 2. The highest BCUT2D eigenvalue weighted by Gasteiger charge is 2.17. The molecule has 2 aromatic rings. The van der Waals surface area contributed by atoms with Crippen LogP contribution in [-0.4, -0.2) is 34.9 Å². The van der Waals surface area contributed by atoms with Gasteiger partial charge in [0.1, 0.15) is 0 Å². The number of nitrogens with zero attached hydrogens (tertiary/aromatic N) is 1. The van der Waals surface area contributed by atoms with Crippen LogP contribution in [0.1, 0.15) is 46.4 Å². The summed E-state index contributed by atoms with van der Waals surface area (Å²) >= 11 is 5.20. The van der Waals surface area contributed by atoms with Crippen LogP contribution in [0.15, 0.2) is 54.6 Å². The fraction of sp³-hybridized carbons (Fsp3) is 0.286. The Balaban J connectivity index is 1.56. The number of likely N-dealkylation sites (tertiary alicyclic amines) is 1. The van der Waals surface area contributed by atoms with Gasteiger partial charge >= 0.3 is 0 Å². The molecule has 5 nitrogen and oxygen atoms in total. The van der Waals surface area contributed by atoms with Crippen LogP contribution in [0.3, 0.4) is 0 Å². The van der Waals surface area contributed by atoms with Crippen LogP contribution in [-0.2, 0) is 0 Å². The monoisotopic (exact) mass is 381 g/mol. The van der Waals surface area contributed by atoms with Crippen molar-refractivity contribution in [3.05, 3.63) is 65.7 Å². The Morgan fingerprint density at radius 3 is 2.07 bits per heavy atom. The molecular formula is C21H23N3O2S. The average molecular weight is 382 g/mol. The Morgan fingerprint density at radius 2 is 1.44 bits per heavy atom. The third kappa shape index (κ3) is 5.37. The third-order valence-electron chi connectivity index (χ3n) is 4.55. The van der Waals surface area contributed by atoms with Gasteiger partial charge in [-0.15, -0.1) is 0 Å². The minimum absolute atomic E-state index is 0.0726. The lowest BCUT2D eigenvalue weighted by Gasteiger charge is -2.20. The first-order chi connectivity index (χ1) is 13.1. The Morgan fingerprint density at radius 1 is 0.815 bits per heavy atom. The van der Waals surface area contributed by atoms with Crippen molar-refractivity contribution in [1.29, 1.82) is 0 Å². The summed E-state index contributed by atoms with van der Waals surface area (Å²) in [7, 11) is 0. The Labute approximate surface area is 164 Å². The van der Waals surface area contributed by atoms with E-state index >= 15 is 0 Å². The van der Waals surface area contributed by atoms with E-state index in [2.05, 4.69) is 10.6 Å². The molecule has 1 saturated heterocycles. The third-order valence-corrected chi connectivity index (χ3v) is 4.75. The average Bonchev–Trinajstić information content (AvgIpc) is 2.98. The molecule has 140 valence electrons. The lowest BCUT2D eigenvalue weighted by molar-refractivity contribution is 0.0761. The minimum Gasteiger partial charge on any atom is -0.339 e. The van der Waals surface area contributed by atoms with Crippen molar-refractivity contribution in [2.24, 2.45) is 0 Å². The molecule has 6 heteroatoms. The first-order valence-electron chi connectivity index (χ1n) is 9.20. The summed E-state index contributed by atoms with van der Waals surface area (Å²) in [6.45, 7) is 1.66. The number of carbonyl (C=O) groups excluding carboxylic acids is 2. The van der Waals surface area contributed by atoms with E-state index in [1.165, 1.54) is 12.8 Å². The molecule has 1 aliphatic rings. The topological polar surface area (TPSA) is 61.4 Å². The number of thiocarbonyl (C=S) groups is 1. The molecule has 2 amide bonds. The first kappa shape index (κ1) is 19.0. The zero-order valence-electron chi connectivity index (χ0n) is 15.1. The molecule has 1 heterocycles.